The lowest BCUT2D eigenvalue weighted by Crippen LogP contribution is -2.15. The molecule has 0 unspecified atom stereocenters. The zero-order chi connectivity index (χ0) is 12.7. The number of benzene rings is 1. The Kier molecular flexibility index (Phi) is 5.33. The topological polar surface area (TPSA) is 47.6 Å². The summed E-state index contributed by atoms with van der Waals surface area (Å²) < 4.78 is 10.2. The molecule has 0 radical (unpaired) electrons. The average molecular weight is 237 g/mol. The van der Waals surface area contributed by atoms with Crippen molar-refractivity contribution in [3.05, 3.63) is 23.8 Å². The van der Waals surface area contributed by atoms with Gasteiger partial charge in [-0.05, 0) is 25.5 Å². The number of methoxy groups -OCH3 is 1. The van der Waals surface area contributed by atoms with Gasteiger partial charge in [0.2, 0.25) is 0 Å². The normalized spacial score (nSPS) is 9.82. The van der Waals surface area contributed by atoms with Gasteiger partial charge in [-0.15, -0.1) is 0 Å². The number of nitrogens with one attached hydrogen (secondary N) is 1. The third-order valence-electron chi connectivity index (χ3n) is 2.47. The predicted octanol–water partition coefficient (Wildman–Crippen LogP) is 3.35. The first-order valence-electron chi connectivity index (χ1n) is 5.76. The van der Waals surface area contributed by atoms with Gasteiger partial charge in [-0.1, -0.05) is 19.4 Å². The minimum Gasteiger partial charge on any atom is -0.496 e. The third-order valence-corrected chi connectivity index (χ3v) is 2.47. The van der Waals surface area contributed by atoms with Gasteiger partial charge in [0, 0.05) is 5.56 Å². The van der Waals surface area contributed by atoms with Crippen molar-refractivity contribution in [2.24, 2.45) is 0 Å². The maximum Gasteiger partial charge on any atom is 0.411 e. The first kappa shape index (κ1) is 13.4. The summed E-state index contributed by atoms with van der Waals surface area (Å²) in [5, 5.41) is 2.70. The number of rotatable bonds is 5. The molecule has 1 aromatic rings. The number of unbranched alkanes of at least 4 members (excludes halogenated alkanes) is 1. The Balaban J connectivity index is 2.59. The van der Waals surface area contributed by atoms with E-state index in [1.54, 1.807) is 7.11 Å². The first-order valence-corrected chi connectivity index (χ1v) is 5.76. The molecule has 1 aromatic carbocycles. The molecule has 0 spiro atoms. The molecule has 0 heterocycles. The Bertz CT molecular complexity index is 377. The van der Waals surface area contributed by atoms with Gasteiger partial charge in [0.05, 0.1) is 19.4 Å². The summed E-state index contributed by atoms with van der Waals surface area (Å²) in [5.41, 5.74) is 1.60. The molecule has 0 atom stereocenters. The lowest BCUT2D eigenvalue weighted by atomic mass is 10.2. The number of hydrogen-bond donors (Lipinski definition) is 1. The van der Waals surface area contributed by atoms with Gasteiger partial charge in [0.15, 0.2) is 0 Å². The molecule has 0 aliphatic heterocycles. The Morgan fingerprint density at radius 2 is 2.18 bits per heavy atom. The lowest BCUT2D eigenvalue weighted by Gasteiger charge is -2.11. The number of carbonyl (C=O) groups excluding carboxylic acids is 1. The second-order valence-electron chi connectivity index (χ2n) is 3.75. The first-order chi connectivity index (χ1) is 8.19. The van der Waals surface area contributed by atoms with Crippen molar-refractivity contribution >= 4 is 11.8 Å². The van der Waals surface area contributed by atoms with E-state index in [0.717, 1.165) is 24.2 Å². The number of anilines is 1. The van der Waals surface area contributed by atoms with Crippen molar-refractivity contribution in [3.8, 4) is 5.75 Å². The Labute approximate surface area is 102 Å². The zero-order valence-electron chi connectivity index (χ0n) is 10.6. The summed E-state index contributed by atoms with van der Waals surface area (Å²) >= 11 is 0. The zero-order valence-corrected chi connectivity index (χ0v) is 10.6. The van der Waals surface area contributed by atoms with Gasteiger partial charge in [0.1, 0.15) is 5.75 Å². The van der Waals surface area contributed by atoms with Crippen molar-refractivity contribution in [1.82, 2.24) is 0 Å². The van der Waals surface area contributed by atoms with E-state index in [0.29, 0.717) is 12.3 Å². The molecule has 0 saturated carbocycles. The summed E-state index contributed by atoms with van der Waals surface area (Å²) in [5.74, 6) is 0.747. The van der Waals surface area contributed by atoms with E-state index in [4.69, 9.17) is 9.47 Å². The molecule has 1 N–H and O–H groups in total. The third kappa shape index (κ3) is 3.98. The fraction of sp³-hybridized carbons (Fsp3) is 0.462. The van der Waals surface area contributed by atoms with Crippen molar-refractivity contribution in [3.63, 3.8) is 0 Å². The van der Waals surface area contributed by atoms with Crippen LogP contribution in [-0.2, 0) is 4.74 Å². The van der Waals surface area contributed by atoms with Crippen LogP contribution in [0.2, 0.25) is 0 Å². The second-order valence-corrected chi connectivity index (χ2v) is 3.75. The van der Waals surface area contributed by atoms with Crippen LogP contribution in [0, 0.1) is 6.92 Å². The molecular weight excluding hydrogens is 218 g/mol. The SMILES string of the molecule is CCCCOC(=O)Nc1cccc(OC)c1C. The van der Waals surface area contributed by atoms with Crippen molar-refractivity contribution in [2.75, 3.05) is 19.0 Å². The van der Waals surface area contributed by atoms with Crippen LogP contribution in [0.5, 0.6) is 5.75 Å². The van der Waals surface area contributed by atoms with Crippen LogP contribution in [0.25, 0.3) is 0 Å². The van der Waals surface area contributed by atoms with E-state index >= 15 is 0 Å². The van der Waals surface area contributed by atoms with Crippen LogP contribution in [0.3, 0.4) is 0 Å². The van der Waals surface area contributed by atoms with Crippen LogP contribution in [0.1, 0.15) is 25.3 Å². The number of amides is 1. The van der Waals surface area contributed by atoms with Gasteiger partial charge in [-0.2, -0.15) is 0 Å². The molecule has 0 fully saturated rings. The van der Waals surface area contributed by atoms with Crippen molar-refractivity contribution < 1.29 is 14.3 Å². The molecule has 0 aliphatic rings. The van der Waals surface area contributed by atoms with E-state index in [1.165, 1.54) is 0 Å². The monoisotopic (exact) mass is 237 g/mol. The van der Waals surface area contributed by atoms with Gasteiger partial charge < -0.3 is 9.47 Å². The minimum absolute atomic E-state index is 0.421. The van der Waals surface area contributed by atoms with E-state index in [2.05, 4.69) is 5.32 Å². The Morgan fingerprint density at radius 1 is 1.41 bits per heavy atom. The van der Waals surface area contributed by atoms with E-state index in [1.807, 2.05) is 32.0 Å². The highest BCUT2D eigenvalue weighted by Crippen LogP contribution is 2.24. The molecule has 94 valence electrons. The smallest absolute Gasteiger partial charge is 0.411 e. The van der Waals surface area contributed by atoms with Gasteiger partial charge >= 0.3 is 6.09 Å². The highest BCUT2D eigenvalue weighted by molar-refractivity contribution is 5.86. The fourth-order valence-electron chi connectivity index (χ4n) is 1.43. The number of hydrogen-bond acceptors (Lipinski definition) is 3. The molecule has 0 bridgehead atoms. The van der Waals surface area contributed by atoms with E-state index in [-0.39, 0.29) is 0 Å². The van der Waals surface area contributed by atoms with Crippen LogP contribution in [-0.4, -0.2) is 19.8 Å². The van der Waals surface area contributed by atoms with Crippen molar-refractivity contribution in [1.29, 1.82) is 0 Å². The minimum atomic E-state index is -0.421. The van der Waals surface area contributed by atoms with Crippen LogP contribution in [0.15, 0.2) is 18.2 Å². The predicted molar refractivity (Wildman–Crippen MR) is 67.6 cm³/mol. The van der Waals surface area contributed by atoms with Crippen LogP contribution < -0.4 is 10.1 Å². The molecule has 0 aliphatic carbocycles. The van der Waals surface area contributed by atoms with Gasteiger partial charge in [-0.25, -0.2) is 4.79 Å². The Morgan fingerprint density at radius 3 is 2.82 bits per heavy atom. The molecular formula is C13H19NO3. The maximum absolute atomic E-state index is 11.5. The molecule has 0 saturated heterocycles. The summed E-state index contributed by atoms with van der Waals surface area (Å²) in [6.07, 6.45) is 1.46. The molecule has 0 aromatic heterocycles. The van der Waals surface area contributed by atoms with E-state index < -0.39 is 6.09 Å². The molecule has 4 heteroatoms. The maximum atomic E-state index is 11.5. The van der Waals surface area contributed by atoms with Gasteiger partial charge in [-0.3, -0.25) is 5.32 Å². The summed E-state index contributed by atoms with van der Waals surface area (Å²) in [6.45, 7) is 4.39. The van der Waals surface area contributed by atoms with E-state index in [9.17, 15) is 4.79 Å². The largest absolute Gasteiger partial charge is 0.496 e. The molecule has 1 amide bonds. The van der Waals surface area contributed by atoms with Crippen molar-refractivity contribution in [2.45, 2.75) is 26.7 Å². The summed E-state index contributed by atoms with van der Waals surface area (Å²) in [7, 11) is 1.60. The standard InChI is InChI=1S/C13H19NO3/c1-4-5-9-17-13(15)14-11-7-6-8-12(16-3)10(11)2/h6-8H,4-5,9H2,1-3H3,(H,14,15). The summed E-state index contributed by atoms with van der Waals surface area (Å²) in [4.78, 5) is 11.5. The highest BCUT2D eigenvalue weighted by atomic mass is 16.5. The quantitative estimate of drug-likeness (QED) is 0.799. The lowest BCUT2D eigenvalue weighted by molar-refractivity contribution is 0.160. The fourth-order valence-corrected chi connectivity index (χ4v) is 1.43. The second kappa shape index (κ2) is 6.78. The number of ether oxygens (including phenoxy) is 2. The highest BCUT2D eigenvalue weighted by Gasteiger charge is 2.08. The van der Waals surface area contributed by atoms with Crippen LogP contribution >= 0.6 is 0 Å². The Hall–Kier alpha value is -1.71. The molecule has 4 nitrogen and oxygen atoms in total. The molecule has 17 heavy (non-hydrogen) atoms. The average Bonchev–Trinajstić information content (AvgIpc) is 2.32. The van der Waals surface area contributed by atoms with Crippen LogP contribution in [0.4, 0.5) is 10.5 Å². The summed E-state index contributed by atoms with van der Waals surface area (Å²) in [6, 6.07) is 5.50. The number of carbonyl (C=O) groups is 1. The molecule has 1 rings (SSSR count). The van der Waals surface area contributed by atoms with Gasteiger partial charge in [0.25, 0.3) is 0 Å².